The zero-order chi connectivity index (χ0) is 19.2. The minimum atomic E-state index is -0.226. The third-order valence-corrected chi connectivity index (χ3v) is 4.82. The quantitative estimate of drug-likeness (QED) is 0.556. The number of carbonyl (C=O) groups excluding carboxylic acids is 3. The molecule has 1 N–H and O–H groups in total. The molecular weight excluding hydrogens is 364 g/mol. The molecule has 6 heteroatoms. The zero-order valence-electron chi connectivity index (χ0n) is 14.9. The van der Waals surface area contributed by atoms with Crippen LogP contribution in [0.15, 0.2) is 48.5 Å². The molecular formula is C21H21ClN2O3. The lowest BCUT2D eigenvalue weighted by Gasteiger charge is -2.13. The van der Waals surface area contributed by atoms with Gasteiger partial charge in [-0.1, -0.05) is 42.3 Å². The molecule has 0 aliphatic carbocycles. The number of benzene rings is 2. The van der Waals surface area contributed by atoms with Crippen LogP contribution in [-0.4, -0.2) is 29.2 Å². The predicted octanol–water partition coefficient (Wildman–Crippen LogP) is 3.81. The number of fused-ring (bicyclic) bond motifs is 1. The summed E-state index contributed by atoms with van der Waals surface area (Å²) in [5.41, 5.74) is 1.95. The van der Waals surface area contributed by atoms with Crippen molar-refractivity contribution in [3.63, 3.8) is 0 Å². The fourth-order valence-corrected chi connectivity index (χ4v) is 3.19. The second-order valence-electron chi connectivity index (χ2n) is 6.52. The highest BCUT2D eigenvalue weighted by molar-refractivity contribution is 6.30. The van der Waals surface area contributed by atoms with Gasteiger partial charge < -0.3 is 5.32 Å². The Labute approximate surface area is 163 Å². The van der Waals surface area contributed by atoms with E-state index in [9.17, 15) is 14.4 Å². The Morgan fingerprint density at radius 3 is 2.15 bits per heavy atom. The molecule has 0 radical (unpaired) electrons. The second kappa shape index (κ2) is 8.82. The maximum Gasteiger partial charge on any atom is 0.261 e. The van der Waals surface area contributed by atoms with Crippen molar-refractivity contribution >= 4 is 29.3 Å². The van der Waals surface area contributed by atoms with E-state index in [0.29, 0.717) is 42.1 Å². The van der Waals surface area contributed by atoms with Crippen LogP contribution in [0.4, 0.5) is 0 Å². The zero-order valence-corrected chi connectivity index (χ0v) is 15.7. The second-order valence-corrected chi connectivity index (χ2v) is 6.96. The van der Waals surface area contributed by atoms with Crippen molar-refractivity contribution in [1.29, 1.82) is 0 Å². The first-order chi connectivity index (χ1) is 13.1. The highest BCUT2D eigenvalue weighted by Gasteiger charge is 2.34. The van der Waals surface area contributed by atoms with Crippen LogP contribution in [0.1, 0.15) is 52.0 Å². The van der Waals surface area contributed by atoms with Crippen molar-refractivity contribution in [2.75, 3.05) is 6.54 Å². The van der Waals surface area contributed by atoms with Crippen LogP contribution in [0, 0.1) is 0 Å². The number of imide groups is 1. The van der Waals surface area contributed by atoms with Gasteiger partial charge in [0.05, 0.1) is 11.1 Å². The summed E-state index contributed by atoms with van der Waals surface area (Å²) in [6.45, 7) is 0.865. The van der Waals surface area contributed by atoms with Crippen molar-refractivity contribution in [3.8, 4) is 0 Å². The Kier molecular flexibility index (Phi) is 6.24. The van der Waals surface area contributed by atoms with Gasteiger partial charge in [0.1, 0.15) is 0 Å². The lowest BCUT2D eigenvalue weighted by Crippen LogP contribution is -2.30. The summed E-state index contributed by atoms with van der Waals surface area (Å²) in [5, 5.41) is 3.55. The molecule has 0 spiro atoms. The molecule has 0 bridgehead atoms. The Balaban J connectivity index is 1.34. The van der Waals surface area contributed by atoms with Gasteiger partial charge in [0, 0.05) is 24.5 Å². The highest BCUT2D eigenvalue weighted by Crippen LogP contribution is 2.22. The summed E-state index contributed by atoms with van der Waals surface area (Å²) < 4.78 is 0. The van der Waals surface area contributed by atoms with Crippen LogP contribution in [0.25, 0.3) is 0 Å². The fraction of sp³-hybridized carbons (Fsp3) is 0.286. The van der Waals surface area contributed by atoms with Crippen LogP contribution in [-0.2, 0) is 11.3 Å². The Morgan fingerprint density at radius 2 is 1.52 bits per heavy atom. The monoisotopic (exact) mass is 384 g/mol. The molecule has 27 heavy (non-hydrogen) atoms. The first-order valence-corrected chi connectivity index (χ1v) is 9.40. The molecule has 1 heterocycles. The summed E-state index contributed by atoms with van der Waals surface area (Å²) in [6, 6.07) is 14.2. The molecule has 0 saturated carbocycles. The van der Waals surface area contributed by atoms with Crippen LogP contribution < -0.4 is 5.32 Å². The molecule has 1 aliphatic heterocycles. The number of halogens is 1. The standard InChI is InChI=1S/C21H21ClN2O3/c22-16-11-9-15(10-12-16)14-23-19(25)8-2-1-5-13-24-20(26)17-6-3-4-7-18(17)21(24)27/h3-4,6-7,9-12H,1-2,5,8,13-14H2,(H,23,25). The van der Waals surface area contributed by atoms with Gasteiger partial charge >= 0.3 is 0 Å². The first-order valence-electron chi connectivity index (χ1n) is 9.02. The molecule has 5 nitrogen and oxygen atoms in total. The van der Waals surface area contributed by atoms with Gasteiger partial charge in [-0.2, -0.15) is 0 Å². The predicted molar refractivity (Wildman–Crippen MR) is 104 cm³/mol. The van der Waals surface area contributed by atoms with Gasteiger partial charge in [0.2, 0.25) is 5.91 Å². The van der Waals surface area contributed by atoms with Crippen molar-refractivity contribution < 1.29 is 14.4 Å². The van der Waals surface area contributed by atoms with E-state index < -0.39 is 0 Å². The number of nitrogens with one attached hydrogen (secondary N) is 1. The molecule has 0 atom stereocenters. The SMILES string of the molecule is O=C(CCCCCN1C(=O)c2ccccc2C1=O)NCc1ccc(Cl)cc1. The van der Waals surface area contributed by atoms with E-state index in [0.717, 1.165) is 18.4 Å². The van der Waals surface area contributed by atoms with E-state index in [1.165, 1.54) is 4.90 Å². The Morgan fingerprint density at radius 1 is 0.889 bits per heavy atom. The van der Waals surface area contributed by atoms with E-state index in [4.69, 9.17) is 11.6 Å². The number of unbranched alkanes of at least 4 members (excludes halogenated alkanes) is 2. The van der Waals surface area contributed by atoms with Crippen LogP contribution >= 0.6 is 11.6 Å². The maximum absolute atomic E-state index is 12.3. The van der Waals surface area contributed by atoms with Crippen molar-refractivity contribution in [1.82, 2.24) is 10.2 Å². The van der Waals surface area contributed by atoms with Gasteiger partial charge in [-0.3, -0.25) is 19.3 Å². The third kappa shape index (κ3) is 4.74. The van der Waals surface area contributed by atoms with Gasteiger partial charge in [-0.15, -0.1) is 0 Å². The third-order valence-electron chi connectivity index (χ3n) is 4.57. The van der Waals surface area contributed by atoms with Crippen LogP contribution in [0.3, 0.4) is 0 Å². The van der Waals surface area contributed by atoms with Crippen molar-refractivity contribution in [2.24, 2.45) is 0 Å². The average Bonchev–Trinajstić information content (AvgIpc) is 2.92. The first kappa shape index (κ1) is 19.1. The molecule has 0 unspecified atom stereocenters. The largest absolute Gasteiger partial charge is 0.352 e. The van der Waals surface area contributed by atoms with Crippen molar-refractivity contribution in [2.45, 2.75) is 32.2 Å². The van der Waals surface area contributed by atoms with Gasteiger partial charge in [-0.25, -0.2) is 0 Å². The molecule has 2 aromatic carbocycles. The lowest BCUT2D eigenvalue weighted by molar-refractivity contribution is -0.121. The fourth-order valence-electron chi connectivity index (χ4n) is 3.07. The summed E-state index contributed by atoms with van der Waals surface area (Å²) in [7, 11) is 0. The number of carbonyl (C=O) groups is 3. The van der Waals surface area contributed by atoms with E-state index in [1.807, 2.05) is 12.1 Å². The number of hydrogen-bond acceptors (Lipinski definition) is 3. The van der Waals surface area contributed by atoms with Crippen LogP contribution in [0.2, 0.25) is 5.02 Å². The van der Waals surface area contributed by atoms with Gasteiger partial charge in [-0.05, 0) is 42.7 Å². The average molecular weight is 385 g/mol. The van der Waals surface area contributed by atoms with E-state index in [2.05, 4.69) is 5.32 Å². The summed E-state index contributed by atoms with van der Waals surface area (Å²) in [5.74, 6) is -0.460. The number of nitrogens with zero attached hydrogens (tertiary/aromatic N) is 1. The van der Waals surface area contributed by atoms with E-state index in [1.54, 1.807) is 36.4 Å². The smallest absolute Gasteiger partial charge is 0.261 e. The van der Waals surface area contributed by atoms with Crippen molar-refractivity contribution in [3.05, 3.63) is 70.2 Å². The molecule has 0 saturated heterocycles. The maximum atomic E-state index is 12.3. The summed E-state index contributed by atoms with van der Waals surface area (Å²) in [6.07, 6.45) is 2.61. The Bertz CT molecular complexity index is 814. The normalized spacial score (nSPS) is 13.0. The van der Waals surface area contributed by atoms with Gasteiger partial charge in [0.25, 0.3) is 11.8 Å². The number of amides is 3. The molecule has 3 rings (SSSR count). The topological polar surface area (TPSA) is 66.5 Å². The van der Waals surface area contributed by atoms with E-state index in [-0.39, 0.29) is 17.7 Å². The highest BCUT2D eigenvalue weighted by atomic mass is 35.5. The van der Waals surface area contributed by atoms with E-state index >= 15 is 0 Å². The minimum Gasteiger partial charge on any atom is -0.352 e. The summed E-state index contributed by atoms with van der Waals surface area (Å²) >= 11 is 5.83. The number of hydrogen-bond donors (Lipinski definition) is 1. The summed E-state index contributed by atoms with van der Waals surface area (Å²) in [4.78, 5) is 37.7. The molecule has 3 amide bonds. The minimum absolute atomic E-state index is 0.00863. The molecule has 0 fully saturated rings. The number of rotatable bonds is 8. The molecule has 140 valence electrons. The van der Waals surface area contributed by atoms with Crippen LogP contribution in [0.5, 0.6) is 0 Å². The molecule has 2 aromatic rings. The molecule has 0 aromatic heterocycles. The lowest BCUT2D eigenvalue weighted by atomic mass is 10.1. The van der Waals surface area contributed by atoms with Gasteiger partial charge in [0.15, 0.2) is 0 Å². The molecule has 1 aliphatic rings. The Hall–Kier alpha value is -2.66.